The highest BCUT2D eigenvalue weighted by molar-refractivity contribution is 7.13. The van der Waals surface area contributed by atoms with E-state index in [0.29, 0.717) is 11.3 Å². The Balaban J connectivity index is 1.93. The molecule has 2 heterocycles. The minimum Gasteiger partial charge on any atom is -0.386 e. The average Bonchev–Trinajstić information content (AvgIpc) is 2.98. The Morgan fingerprint density at radius 2 is 2.11 bits per heavy atom. The van der Waals surface area contributed by atoms with Crippen LogP contribution in [-0.2, 0) is 16.5 Å². The standard InChI is InChI=1S/C17H16F4N4O2S/c1-8-23-14(17(19,20)21)13(28-8)15(26)24-9-3-4-11(18)10(5-9)16(2)7-27-6-12(22)25-16/h3-5H,6-7H2,1-2H3,(H2,22,25)(H,24,26)/t16-/m0/s1. The number of nitrogens with zero attached hydrogens (tertiary/aromatic N) is 2. The molecule has 0 bridgehead atoms. The van der Waals surface area contributed by atoms with E-state index in [4.69, 9.17) is 10.5 Å². The lowest BCUT2D eigenvalue weighted by Crippen LogP contribution is -2.38. The first-order chi connectivity index (χ1) is 13.0. The van der Waals surface area contributed by atoms with E-state index >= 15 is 0 Å². The predicted octanol–water partition coefficient (Wildman–Crippen LogP) is 3.46. The Labute approximate surface area is 161 Å². The molecule has 1 aromatic heterocycles. The largest absolute Gasteiger partial charge is 0.435 e. The van der Waals surface area contributed by atoms with Crippen molar-refractivity contribution in [1.29, 1.82) is 0 Å². The van der Waals surface area contributed by atoms with Crippen molar-refractivity contribution in [3.05, 3.63) is 45.2 Å². The summed E-state index contributed by atoms with van der Waals surface area (Å²) >= 11 is 0.628. The van der Waals surface area contributed by atoms with Crippen LogP contribution < -0.4 is 11.1 Å². The van der Waals surface area contributed by atoms with Gasteiger partial charge in [-0.1, -0.05) is 0 Å². The van der Waals surface area contributed by atoms with E-state index in [1.807, 2.05) is 0 Å². The van der Waals surface area contributed by atoms with Crippen molar-refractivity contribution >= 4 is 28.8 Å². The summed E-state index contributed by atoms with van der Waals surface area (Å²) in [6.45, 7) is 3.17. The van der Waals surface area contributed by atoms with E-state index in [2.05, 4.69) is 15.3 Å². The molecule has 0 unspecified atom stereocenters. The first-order valence-corrected chi connectivity index (χ1v) is 8.89. The third-order valence-corrected chi connectivity index (χ3v) is 5.01. The number of ether oxygens (including phenoxy) is 1. The second-order valence-corrected chi connectivity index (χ2v) is 7.63. The van der Waals surface area contributed by atoms with E-state index < -0.39 is 34.0 Å². The smallest absolute Gasteiger partial charge is 0.386 e. The topological polar surface area (TPSA) is 89.6 Å². The van der Waals surface area contributed by atoms with Gasteiger partial charge in [-0.25, -0.2) is 9.37 Å². The van der Waals surface area contributed by atoms with Crippen LogP contribution in [0, 0.1) is 12.7 Å². The van der Waals surface area contributed by atoms with Gasteiger partial charge in [0.25, 0.3) is 5.91 Å². The van der Waals surface area contributed by atoms with Crippen molar-refractivity contribution in [3.8, 4) is 0 Å². The monoisotopic (exact) mass is 416 g/mol. The number of alkyl halides is 3. The minimum absolute atomic E-state index is 0.0638. The number of amidine groups is 1. The number of rotatable bonds is 3. The minimum atomic E-state index is -4.76. The summed E-state index contributed by atoms with van der Waals surface area (Å²) in [6, 6.07) is 3.65. The number of anilines is 1. The number of benzene rings is 1. The molecule has 1 aliphatic heterocycles. The Hall–Kier alpha value is -2.53. The quantitative estimate of drug-likeness (QED) is 0.750. The number of halogens is 4. The van der Waals surface area contributed by atoms with Gasteiger partial charge in [-0.15, -0.1) is 11.3 Å². The maximum atomic E-state index is 14.4. The first kappa shape index (κ1) is 20.2. The zero-order valence-electron chi connectivity index (χ0n) is 14.9. The number of hydrogen-bond donors (Lipinski definition) is 2. The summed E-state index contributed by atoms with van der Waals surface area (Å²) in [5.41, 5.74) is 3.52. The number of aryl methyl sites for hydroxylation is 1. The molecular weight excluding hydrogens is 400 g/mol. The Morgan fingerprint density at radius 3 is 2.75 bits per heavy atom. The van der Waals surface area contributed by atoms with Gasteiger partial charge in [0.15, 0.2) is 5.69 Å². The van der Waals surface area contributed by atoms with E-state index in [1.54, 1.807) is 6.92 Å². The number of thiazole rings is 1. The van der Waals surface area contributed by atoms with Crippen LogP contribution in [-0.4, -0.2) is 29.9 Å². The number of nitrogens with one attached hydrogen (secondary N) is 1. The lowest BCUT2D eigenvalue weighted by molar-refractivity contribution is -0.141. The van der Waals surface area contributed by atoms with E-state index in [0.717, 1.165) is 6.07 Å². The summed E-state index contributed by atoms with van der Waals surface area (Å²) in [5, 5.41) is 2.47. The summed E-state index contributed by atoms with van der Waals surface area (Å²) in [4.78, 5) is 19.5. The van der Waals surface area contributed by atoms with Gasteiger partial charge < -0.3 is 15.8 Å². The van der Waals surface area contributed by atoms with Gasteiger partial charge in [0.05, 0.1) is 11.6 Å². The lowest BCUT2D eigenvalue weighted by atomic mass is 9.92. The third-order valence-electron chi connectivity index (χ3n) is 4.04. The van der Waals surface area contributed by atoms with E-state index in [1.165, 1.54) is 19.1 Å². The van der Waals surface area contributed by atoms with Crippen LogP contribution >= 0.6 is 11.3 Å². The number of aliphatic imine (C=N–C) groups is 1. The van der Waals surface area contributed by atoms with Crippen molar-refractivity contribution in [3.63, 3.8) is 0 Å². The van der Waals surface area contributed by atoms with Crippen molar-refractivity contribution in [1.82, 2.24) is 4.98 Å². The molecule has 0 fully saturated rings. The maximum absolute atomic E-state index is 14.4. The number of nitrogens with two attached hydrogens (primary N) is 1. The zero-order chi connectivity index (χ0) is 20.7. The highest BCUT2D eigenvalue weighted by atomic mass is 32.1. The highest BCUT2D eigenvalue weighted by Gasteiger charge is 2.39. The number of amides is 1. The second kappa shape index (κ2) is 7.13. The van der Waals surface area contributed by atoms with Crippen molar-refractivity contribution in [2.45, 2.75) is 25.6 Å². The molecule has 150 valence electrons. The van der Waals surface area contributed by atoms with Crippen LogP contribution in [0.4, 0.5) is 23.2 Å². The molecule has 28 heavy (non-hydrogen) atoms. The Kier molecular flexibility index (Phi) is 5.15. The molecule has 0 radical (unpaired) electrons. The Bertz CT molecular complexity index is 957. The lowest BCUT2D eigenvalue weighted by Gasteiger charge is -2.30. The molecule has 6 nitrogen and oxygen atoms in total. The van der Waals surface area contributed by atoms with Gasteiger partial charge >= 0.3 is 6.18 Å². The third kappa shape index (κ3) is 3.99. The van der Waals surface area contributed by atoms with Gasteiger partial charge in [0.1, 0.15) is 28.7 Å². The van der Waals surface area contributed by atoms with Crippen LogP contribution in [0.15, 0.2) is 23.2 Å². The molecule has 3 rings (SSSR count). The van der Waals surface area contributed by atoms with Crippen LogP contribution in [0.2, 0.25) is 0 Å². The number of hydrogen-bond acceptors (Lipinski definition) is 6. The van der Waals surface area contributed by atoms with Gasteiger partial charge in [-0.3, -0.25) is 9.79 Å². The number of carbonyl (C=O) groups excluding carboxylic acids is 1. The molecule has 1 amide bonds. The summed E-state index contributed by atoms with van der Waals surface area (Å²) in [5.74, 6) is -1.40. The molecule has 11 heteroatoms. The molecule has 2 aromatic rings. The molecule has 1 aliphatic rings. The molecule has 3 N–H and O–H groups in total. The predicted molar refractivity (Wildman–Crippen MR) is 96.0 cm³/mol. The van der Waals surface area contributed by atoms with Gasteiger partial charge in [0, 0.05) is 11.3 Å². The van der Waals surface area contributed by atoms with Gasteiger partial charge in [-0.2, -0.15) is 13.2 Å². The van der Waals surface area contributed by atoms with Crippen LogP contribution in [0.25, 0.3) is 0 Å². The SMILES string of the molecule is Cc1nc(C(F)(F)F)c(C(=O)Nc2ccc(F)c([C@]3(C)COCC(N)=N3)c2)s1. The van der Waals surface area contributed by atoms with Crippen molar-refractivity contribution in [2.24, 2.45) is 10.7 Å². The van der Waals surface area contributed by atoms with Gasteiger partial charge in [0.2, 0.25) is 0 Å². The Morgan fingerprint density at radius 1 is 1.39 bits per heavy atom. The van der Waals surface area contributed by atoms with E-state index in [9.17, 15) is 22.4 Å². The fourth-order valence-corrected chi connectivity index (χ4v) is 3.68. The van der Waals surface area contributed by atoms with Crippen molar-refractivity contribution < 1.29 is 27.1 Å². The second-order valence-electron chi connectivity index (χ2n) is 6.43. The normalized spacial score (nSPS) is 20.0. The van der Waals surface area contributed by atoms with Crippen LogP contribution in [0.1, 0.15) is 32.9 Å². The van der Waals surface area contributed by atoms with Gasteiger partial charge in [-0.05, 0) is 32.0 Å². The average molecular weight is 416 g/mol. The molecule has 1 atom stereocenters. The molecular formula is C17H16F4N4O2S. The molecule has 1 aromatic carbocycles. The number of carbonyl (C=O) groups is 1. The van der Waals surface area contributed by atoms with Crippen LogP contribution in [0.3, 0.4) is 0 Å². The molecule has 0 saturated carbocycles. The van der Waals surface area contributed by atoms with E-state index in [-0.39, 0.29) is 35.3 Å². The number of aromatic nitrogens is 1. The summed E-state index contributed by atoms with van der Waals surface area (Å²) in [6.07, 6.45) is -4.76. The van der Waals surface area contributed by atoms with Crippen LogP contribution in [0.5, 0.6) is 0 Å². The fourth-order valence-electron chi connectivity index (χ4n) is 2.85. The molecule has 0 saturated heterocycles. The fraction of sp³-hybridized carbons (Fsp3) is 0.353. The highest BCUT2D eigenvalue weighted by Crippen LogP contribution is 2.35. The summed E-state index contributed by atoms with van der Waals surface area (Å²) < 4.78 is 58.9. The summed E-state index contributed by atoms with van der Waals surface area (Å²) in [7, 11) is 0. The molecule has 0 spiro atoms. The molecule has 0 aliphatic carbocycles. The zero-order valence-corrected chi connectivity index (χ0v) is 15.7. The maximum Gasteiger partial charge on any atom is 0.435 e. The first-order valence-electron chi connectivity index (χ1n) is 8.07. The van der Waals surface area contributed by atoms with Crippen molar-refractivity contribution in [2.75, 3.05) is 18.5 Å².